The van der Waals surface area contributed by atoms with Crippen molar-refractivity contribution >= 4 is 11.9 Å². The van der Waals surface area contributed by atoms with Gasteiger partial charge in [-0.15, -0.1) is 0 Å². The normalized spacial score (nSPS) is 19.3. The molecular formula is C17H20FNO3. The summed E-state index contributed by atoms with van der Waals surface area (Å²) in [6, 6.07) is 6.57. The van der Waals surface area contributed by atoms with Crippen LogP contribution in [0.3, 0.4) is 0 Å². The third-order valence-electron chi connectivity index (χ3n) is 4.86. The Labute approximate surface area is 128 Å². The molecule has 0 heterocycles. The first kappa shape index (κ1) is 15.0. The van der Waals surface area contributed by atoms with Crippen molar-refractivity contribution in [3.8, 4) is 0 Å². The van der Waals surface area contributed by atoms with Crippen LogP contribution in [0.25, 0.3) is 0 Å². The smallest absolute Gasteiger partial charge is 0.310 e. The topological polar surface area (TPSA) is 57.6 Å². The summed E-state index contributed by atoms with van der Waals surface area (Å²) in [7, 11) is 0. The zero-order valence-electron chi connectivity index (χ0n) is 12.4. The van der Waals surface area contributed by atoms with Crippen LogP contribution >= 0.6 is 0 Å². The second kappa shape index (κ2) is 5.71. The van der Waals surface area contributed by atoms with E-state index >= 15 is 0 Å². The molecule has 0 radical (unpaired) electrons. The van der Waals surface area contributed by atoms with Crippen LogP contribution in [0.4, 0.5) is 4.39 Å². The number of carboxylic acids is 1. The number of hydrogen-bond acceptors (Lipinski definition) is 2. The van der Waals surface area contributed by atoms with E-state index in [4.69, 9.17) is 0 Å². The molecule has 22 heavy (non-hydrogen) atoms. The Morgan fingerprint density at radius 3 is 2.45 bits per heavy atom. The highest BCUT2D eigenvalue weighted by molar-refractivity contribution is 5.86. The highest BCUT2D eigenvalue weighted by Gasteiger charge is 2.47. The van der Waals surface area contributed by atoms with Gasteiger partial charge in [0.15, 0.2) is 0 Å². The summed E-state index contributed by atoms with van der Waals surface area (Å²) in [5, 5.41) is 9.37. The number of benzene rings is 1. The molecule has 1 N–H and O–H groups in total. The van der Waals surface area contributed by atoms with Crippen molar-refractivity contribution in [2.75, 3.05) is 0 Å². The number of nitrogens with zero attached hydrogens (tertiary/aromatic N) is 1. The fourth-order valence-electron chi connectivity index (χ4n) is 3.08. The Kier molecular flexibility index (Phi) is 3.89. The minimum atomic E-state index is -0.889. The third-order valence-corrected chi connectivity index (χ3v) is 4.86. The Hall–Kier alpha value is -1.91. The lowest BCUT2D eigenvalue weighted by Gasteiger charge is -2.38. The van der Waals surface area contributed by atoms with E-state index in [1.54, 1.807) is 23.1 Å². The highest BCUT2D eigenvalue weighted by Crippen LogP contribution is 2.45. The van der Waals surface area contributed by atoms with Gasteiger partial charge in [0.05, 0.1) is 5.41 Å². The molecule has 5 heteroatoms. The van der Waals surface area contributed by atoms with Crippen molar-refractivity contribution < 1.29 is 19.1 Å². The van der Waals surface area contributed by atoms with E-state index in [9.17, 15) is 19.1 Å². The zero-order valence-corrected chi connectivity index (χ0v) is 12.4. The van der Waals surface area contributed by atoms with Crippen LogP contribution in [0.5, 0.6) is 0 Å². The lowest BCUT2D eigenvalue weighted by Crippen LogP contribution is -2.44. The number of carboxylic acid groups (broad SMARTS) is 1. The van der Waals surface area contributed by atoms with Crippen LogP contribution < -0.4 is 0 Å². The summed E-state index contributed by atoms with van der Waals surface area (Å²) in [5.74, 6) is -1.36. The first-order valence-corrected chi connectivity index (χ1v) is 7.78. The van der Waals surface area contributed by atoms with Gasteiger partial charge in [0.25, 0.3) is 0 Å². The maximum Gasteiger partial charge on any atom is 0.310 e. The van der Waals surface area contributed by atoms with E-state index in [2.05, 4.69) is 0 Å². The van der Waals surface area contributed by atoms with Gasteiger partial charge in [-0.1, -0.05) is 24.6 Å². The van der Waals surface area contributed by atoms with E-state index in [0.717, 1.165) is 19.3 Å². The molecular weight excluding hydrogens is 285 g/mol. The van der Waals surface area contributed by atoms with Gasteiger partial charge in [-0.2, -0.15) is 0 Å². The van der Waals surface area contributed by atoms with E-state index in [0.29, 0.717) is 18.4 Å². The molecule has 118 valence electrons. The maximum atomic E-state index is 13.8. The molecule has 0 saturated heterocycles. The van der Waals surface area contributed by atoms with Crippen molar-refractivity contribution in [1.29, 1.82) is 0 Å². The van der Waals surface area contributed by atoms with Crippen LogP contribution in [-0.2, 0) is 16.1 Å². The summed E-state index contributed by atoms with van der Waals surface area (Å²) in [6.45, 7) is 0.228. The Bertz CT molecular complexity index is 593. The first-order chi connectivity index (χ1) is 10.5. The fraction of sp³-hybridized carbons (Fsp3) is 0.529. The maximum absolute atomic E-state index is 13.8. The van der Waals surface area contributed by atoms with E-state index in [-0.39, 0.29) is 30.7 Å². The molecule has 2 aliphatic rings. The second-order valence-electron chi connectivity index (χ2n) is 6.46. The molecule has 1 amide bonds. The number of carbonyl (C=O) groups excluding carboxylic acids is 1. The zero-order chi connectivity index (χ0) is 15.7. The van der Waals surface area contributed by atoms with Crippen molar-refractivity contribution in [3.63, 3.8) is 0 Å². The second-order valence-corrected chi connectivity index (χ2v) is 6.46. The molecule has 4 nitrogen and oxygen atoms in total. The minimum Gasteiger partial charge on any atom is -0.481 e. The van der Waals surface area contributed by atoms with E-state index in [1.165, 1.54) is 6.07 Å². The van der Waals surface area contributed by atoms with Gasteiger partial charge in [-0.05, 0) is 31.7 Å². The van der Waals surface area contributed by atoms with Crippen molar-refractivity contribution in [3.05, 3.63) is 35.6 Å². The van der Waals surface area contributed by atoms with Gasteiger partial charge >= 0.3 is 5.97 Å². The molecule has 0 aromatic heterocycles. The quantitative estimate of drug-likeness (QED) is 0.879. The van der Waals surface area contributed by atoms with Gasteiger partial charge in [0, 0.05) is 24.6 Å². The van der Waals surface area contributed by atoms with Crippen LogP contribution in [0.15, 0.2) is 24.3 Å². The Balaban J connectivity index is 1.73. The van der Waals surface area contributed by atoms with E-state index in [1.807, 2.05) is 0 Å². The molecule has 2 aliphatic carbocycles. The van der Waals surface area contributed by atoms with Crippen molar-refractivity contribution in [2.45, 2.75) is 51.1 Å². The summed E-state index contributed by atoms with van der Waals surface area (Å²) in [6.07, 6.45) is 3.85. The SMILES string of the molecule is O=C(CC1(C(=O)O)CCC1)N(Cc1ccccc1F)C1CC1. The lowest BCUT2D eigenvalue weighted by atomic mass is 9.66. The predicted molar refractivity (Wildman–Crippen MR) is 78.5 cm³/mol. The molecule has 0 bridgehead atoms. The van der Waals surface area contributed by atoms with E-state index < -0.39 is 11.4 Å². The van der Waals surface area contributed by atoms with Crippen LogP contribution in [0, 0.1) is 11.2 Å². The van der Waals surface area contributed by atoms with Gasteiger partial charge in [0.1, 0.15) is 5.82 Å². The van der Waals surface area contributed by atoms with Gasteiger partial charge in [-0.3, -0.25) is 9.59 Å². The minimum absolute atomic E-state index is 0.0350. The summed E-state index contributed by atoms with van der Waals surface area (Å²) >= 11 is 0. The molecule has 3 rings (SSSR count). The predicted octanol–water partition coefficient (Wildman–Crippen LogP) is 2.96. The Morgan fingerprint density at radius 1 is 1.27 bits per heavy atom. The molecule has 2 fully saturated rings. The first-order valence-electron chi connectivity index (χ1n) is 7.78. The van der Waals surface area contributed by atoms with Crippen LogP contribution in [0.1, 0.15) is 44.1 Å². The average Bonchev–Trinajstić information content (AvgIpc) is 3.25. The number of rotatable bonds is 6. The molecule has 2 saturated carbocycles. The molecule has 0 unspecified atom stereocenters. The fourth-order valence-corrected chi connectivity index (χ4v) is 3.08. The summed E-state index contributed by atoms with van der Waals surface area (Å²) in [4.78, 5) is 25.7. The van der Waals surface area contributed by atoms with Crippen molar-refractivity contribution in [2.24, 2.45) is 5.41 Å². The number of aliphatic carboxylic acids is 1. The molecule has 0 aliphatic heterocycles. The lowest BCUT2D eigenvalue weighted by molar-refractivity contribution is -0.159. The molecule has 0 spiro atoms. The van der Waals surface area contributed by atoms with Gasteiger partial charge in [0.2, 0.25) is 5.91 Å². The molecule has 1 aromatic rings. The third kappa shape index (κ3) is 2.85. The molecule has 1 aromatic carbocycles. The summed E-state index contributed by atoms with van der Waals surface area (Å²) in [5.41, 5.74) is -0.403. The standard InChI is InChI=1S/C17H20FNO3/c18-14-5-2-1-4-12(14)11-19(13-6-7-13)15(20)10-17(16(21)22)8-3-9-17/h1-2,4-5,13H,3,6-11H2,(H,21,22). The monoisotopic (exact) mass is 305 g/mol. The van der Waals surface area contributed by atoms with Crippen molar-refractivity contribution in [1.82, 2.24) is 4.90 Å². The highest BCUT2D eigenvalue weighted by atomic mass is 19.1. The number of hydrogen-bond donors (Lipinski definition) is 1. The average molecular weight is 305 g/mol. The number of carbonyl (C=O) groups is 2. The van der Waals surface area contributed by atoms with Crippen LogP contribution in [-0.4, -0.2) is 27.9 Å². The van der Waals surface area contributed by atoms with Gasteiger partial charge < -0.3 is 10.0 Å². The number of amides is 1. The van der Waals surface area contributed by atoms with Crippen LogP contribution in [0.2, 0.25) is 0 Å². The number of halogens is 1. The van der Waals surface area contributed by atoms with Gasteiger partial charge in [-0.25, -0.2) is 4.39 Å². The Morgan fingerprint density at radius 2 is 1.95 bits per heavy atom. The largest absolute Gasteiger partial charge is 0.481 e. The molecule has 0 atom stereocenters. The summed E-state index contributed by atoms with van der Waals surface area (Å²) < 4.78 is 13.8.